The molecule has 90 valence electrons. The number of nitrogens with zero attached hydrogens (tertiary/aromatic N) is 1. The summed E-state index contributed by atoms with van der Waals surface area (Å²) < 4.78 is 0. The maximum atomic E-state index is 9.62. The van der Waals surface area contributed by atoms with Crippen LogP contribution in [0.1, 0.15) is 45.9 Å². The van der Waals surface area contributed by atoms with E-state index in [1.54, 1.807) is 0 Å². The van der Waals surface area contributed by atoms with Crippen molar-refractivity contribution in [2.45, 2.75) is 50.4 Å². The van der Waals surface area contributed by atoms with Crippen LogP contribution in [0.3, 0.4) is 0 Å². The fourth-order valence-electron chi connectivity index (χ4n) is 1.22. The van der Waals surface area contributed by atoms with E-state index in [1.165, 1.54) is 4.90 Å². The molecular formula is C13H21NOS. The Morgan fingerprint density at radius 1 is 1.31 bits per heavy atom. The van der Waals surface area contributed by atoms with Gasteiger partial charge in [-0.2, -0.15) is 0 Å². The fourth-order valence-corrected chi connectivity index (χ4v) is 2.18. The minimum absolute atomic E-state index is 0.429. The van der Waals surface area contributed by atoms with Crippen LogP contribution < -0.4 is 0 Å². The zero-order valence-corrected chi connectivity index (χ0v) is 11.3. The highest BCUT2D eigenvalue weighted by Gasteiger charge is 2.10. The molecule has 1 rings (SSSR count). The minimum Gasteiger partial charge on any atom is -0.387 e. The number of thioether (sulfide) groups is 1. The van der Waals surface area contributed by atoms with Gasteiger partial charge in [-0.3, -0.25) is 4.98 Å². The molecule has 0 fully saturated rings. The number of aliphatic hydroxyl groups is 1. The highest BCUT2D eigenvalue weighted by atomic mass is 32.2. The summed E-state index contributed by atoms with van der Waals surface area (Å²) in [5.74, 6) is 0.658. The van der Waals surface area contributed by atoms with Crippen molar-refractivity contribution in [3.05, 3.63) is 24.0 Å². The average Bonchev–Trinajstić information content (AvgIpc) is 2.28. The first kappa shape index (κ1) is 13.5. The van der Waals surface area contributed by atoms with Crippen molar-refractivity contribution in [1.82, 2.24) is 4.98 Å². The SMILES string of the molecule is CCC(O)c1ccc(SC(C)C(C)C)cn1. The van der Waals surface area contributed by atoms with Crippen molar-refractivity contribution >= 4 is 11.8 Å². The van der Waals surface area contributed by atoms with Crippen LogP contribution in [0.4, 0.5) is 0 Å². The molecule has 0 aliphatic heterocycles. The molecule has 0 aliphatic rings. The normalized spacial score (nSPS) is 15.1. The first-order chi connectivity index (χ1) is 7.54. The van der Waals surface area contributed by atoms with E-state index in [4.69, 9.17) is 0 Å². The second kappa shape index (κ2) is 6.26. The Bertz CT molecular complexity index is 310. The van der Waals surface area contributed by atoms with Crippen LogP contribution in [0.2, 0.25) is 0 Å². The Labute approximate surface area is 102 Å². The summed E-state index contributed by atoms with van der Waals surface area (Å²) in [6.07, 6.45) is 2.14. The molecule has 2 nitrogen and oxygen atoms in total. The van der Waals surface area contributed by atoms with Crippen molar-refractivity contribution in [3.8, 4) is 0 Å². The van der Waals surface area contributed by atoms with Crippen molar-refractivity contribution in [1.29, 1.82) is 0 Å². The first-order valence-corrected chi connectivity index (χ1v) is 6.73. The second-order valence-corrected chi connectivity index (χ2v) is 5.86. The first-order valence-electron chi connectivity index (χ1n) is 5.85. The van der Waals surface area contributed by atoms with Gasteiger partial charge in [0.15, 0.2) is 0 Å². The molecule has 1 heterocycles. The van der Waals surface area contributed by atoms with E-state index in [-0.39, 0.29) is 0 Å². The summed E-state index contributed by atoms with van der Waals surface area (Å²) >= 11 is 1.84. The van der Waals surface area contributed by atoms with Crippen molar-refractivity contribution in [2.24, 2.45) is 5.92 Å². The summed E-state index contributed by atoms with van der Waals surface area (Å²) in [7, 11) is 0. The number of hydrogen-bond donors (Lipinski definition) is 1. The third-order valence-corrected chi connectivity index (χ3v) is 4.18. The number of rotatable bonds is 5. The lowest BCUT2D eigenvalue weighted by Crippen LogP contribution is -2.05. The predicted molar refractivity (Wildman–Crippen MR) is 69.6 cm³/mol. The van der Waals surface area contributed by atoms with Gasteiger partial charge in [0.05, 0.1) is 11.8 Å². The zero-order valence-electron chi connectivity index (χ0n) is 10.5. The van der Waals surface area contributed by atoms with Gasteiger partial charge in [-0.05, 0) is 24.5 Å². The third kappa shape index (κ3) is 3.80. The molecule has 1 aromatic heterocycles. The van der Waals surface area contributed by atoms with E-state index < -0.39 is 6.10 Å². The van der Waals surface area contributed by atoms with Crippen LogP contribution in [-0.2, 0) is 0 Å². The van der Waals surface area contributed by atoms with E-state index >= 15 is 0 Å². The smallest absolute Gasteiger partial charge is 0.0957 e. The molecule has 2 atom stereocenters. The monoisotopic (exact) mass is 239 g/mol. The van der Waals surface area contributed by atoms with Crippen molar-refractivity contribution < 1.29 is 5.11 Å². The maximum Gasteiger partial charge on any atom is 0.0957 e. The highest BCUT2D eigenvalue weighted by molar-refractivity contribution is 8.00. The second-order valence-electron chi connectivity index (χ2n) is 4.41. The average molecular weight is 239 g/mol. The van der Waals surface area contributed by atoms with Gasteiger partial charge in [-0.15, -0.1) is 11.8 Å². The lowest BCUT2D eigenvalue weighted by molar-refractivity contribution is 0.169. The van der Waals surface area contributed by atoms with Crippen LogP contribution in [0.15, 0.2) is 23.2 Å². The highest BCUT2D eigenvalue weighted by Crippen LogP contribution is 2.27. The minimum atomic E-state index is -0.429. The maximum absolute atomic E-state index is 9.62. The Balaban J connectivity index is 2.64. The molecule has 1 N–H and O–H groups in total. The van der Waals surface area contributed by atoms with E-state index in [0.717, 1.165) is 5.69 Å². The Kier molecular flexibility index (Phi) is 5.29. The molecule has 0 bridgehead atoms. The largest absolute Gasteiger partial charge is 0.387 e. The van der Waals surface area contributed by atoms with Crippen LogP contribution >= 0.6 is 11.8 Å². The number of hydrogen-bond acceptors (Lipinski definition) is 3. The molecule has 3 heteroatoms. The van der Waals surface area contributed by atoms with E-state index in [2.05, 4.69) is 25.8 Å². The molecule has 16 heavy (non-hydrogen) atoms. The van der Waals surface area contributed by atoms with Gasteiger partial charge < -0.3 is 5.11 Å². The molecule has 2 unspecified atom stereocenters. The van der Waals surface area contributed by atoms with Gasteiger partial charge in [0, 0.05) is 16.3 Å². The quantitative estimate of drug-likeness (QED) is 0.796. The number of aromatic nitrogens is 1. The molecule has 0 aromatic carbocycles. The van der Waals surface area contributed by atoms with Crippen LogP contribution in [0, 0.1) is 5.92 Å². The lowest BCUT2D eigenvalue weighted by atomic mass is 10.2. The van der Waals surface area contributed by atoms with Crippen molar-refractivity contribution in [3.63, 3.8) is 0 Å². The molecule has 1 aromatic rings. The Morgan fingerprint density at radius 3 is 2.44 bits per heavy atom. The predicted octanol–water partition coefficient (Wildman–Crippen LogP) is 3.66. The van der Waals surface area contributed by atoms with Crippen molar-refractivity contribution in [2.75, 3.05) is 0 Å². The summed E-state index contributed by atoms with van der Waals surface area (Å²) in [6.45, 7) is 8.63. The molecular weight excluding hydrogens is 218 g/mol. The number of aliphatic hydroxyl groups excluding tert-OH is 1. The summed E-state index contributed by atoms with van der Waals surface area (Å²) in [6, 6.07) is 3.97. The molecule has 0 aliphatic carbocycles. The molecule has 0 amide bonds. The van der Waals surface area contributed by atoms with E-state index in [1.807, 2.05) is 37.0 Å². The van der Waals surface area contributed by atoms with Crippen LogP contribution in [0.25, 0.3) is 0 Å². The van der Waals surface area contributed by atoms with Gasteiger partial charge in [0.2, 0.25) is 0 Å². The Hall–Kier alpha value is -0.540. The van der Waals surface area contributed by atoms with E-state index in [0.29, 0.717) is 17.6 Å². The molecule has 0 saturated heterocycles. The molecule has 0 spiro atoms. The Morgan fingerprint density at radius 2 is 2.00 bits per heavy atom. The zero-order chi connectivity index (χ0) is 12.1. The van der Waals surface area contributed by atoms with Gasteiger partial charge in [-0.1, -0.05) is 27.7 Å². The summed E-state index contributed by atoms with van der Waals surface area (Å²) in [4.78, 5) is 5.47. The fraction of sp³-hybridized carbons (Fsp3) is 0.615. The third-order valence-electron chi connectivity index (χ3n) is 2.75. The lowest BCUT2D eigenvalue weighted by Gasteiger charge is -2.15. The number of pyridine rings is 1. The van der Waals surface area contributed by atoms with Gasteiger partial charge in [0.1, 0.15) is 0 Å². The van der Waals surface area contributed by atoms with Gasteiger partial charge in [0.25, 0.3) is 0 Å². The van der Waals surface area contributed by atoms with Crippen LogP contribution in [-0.4, -0.2) is 15.3 Å². The van der Waals surface area contributed by atoms with E-state index in [9.17, 15) is 5.11 Å². The standard InChI is InChI=1S/C13H21NOS/c1-5-13(15)12-7-6-11(8-14-12)16-10(4)9(2)3/h6-10,13,15H,5H2,1-4H3. The van der Waals surface area contributed by atoms with Gasteiger partial charge in [-0.25, -0.2) is 0 Å². The molecule has 0 radical (unpaired) electrons. The van der Waals surface area contributed by atoms with Gasteiger partial charge >= 0.3 is 0 Å². The molecule has 0 saturated carbocycles. The summed E-state index contributed by atoms with van der Waals surface area (Å²) in [5, 5.41) is 10.2. The van der Waals surface area contributed by atoms with Crippen LogP contribution in [0.5, 0.6) is 0 Å². The summed E-state index contributed by atoms with van der Waals surface area (Å²) in [5.41, 5.74) is 0.768. The topological polar surface area (TPSA) is 33.1 Å².